The van der Waals surface area contributed by atoms with Crippen LogP contribution in [0.3, 0.4) is 0 Å². The summed E-state index contributed by atoms with van der Waals surface area (Å²) in [4.78, 5) is 2.43. The molecule has 0 aromatic heterocycles. The van der Waals surface area contributed by atoms with Crippen molar-refractivity contribution in [2.75, 3.05) is 46.5 Å². The minimum atomic E-state index is -0.393. The quantitative estimate of drug-likeness (QED) is 0.481. The van der Waals surface area contributed by atoms with E-state index < -0.39 is 5.82 Å². The number of morpholine rings is 1. The van der Waals surface area contributed by atoms with Crippen molar-refractivity contribution in [1.82, 2.24) is 10.2 Å². The molecule has 1 aliphatic rings. The van der Waals surface area contributed by atoms with Crippen molar-refractivity contribution in [3.63, 3.8) is 0 Å². The number of benzene rings is 2. The van der Waals surface area contributed by atoms with E-state index in [0.29, 0.717) is 22.1 Å². The Hall–Kier alpha value is -1.38. The second-order valence-electron chi connectivity index (χ2n) is 7.08. The summed E-state index contributed by atoms with van der Waals surface area (Å²) in [7, 11) is 1.59. The Kier molecular flexibility index (Phi) is 9.21. The van der Waals surface area contributed by atoms with Crippen LogP contribution in [0.25, 0.3) is 0 Å². The van der Waals surface area contributed by atoms with Gasteiger partial charge in [-0.3, -0.25) is 4.90 Å². The third-order valence-corrected chi connectivity index (χ3v) is 5.92. The van der Waals surface area contributed by atoms with Crippen LogP contribution in [0.1, 0.15) is 17.5 Å². The summed E-state index contributed by atoms with van der Waals surface area (Å²) in [6.07, 6.45) is 1.09. The highest BCUT2D eigenvalue weighted by atomic mass is 79.9. The highest BCUT2D eigenvalue weighted by Gasteiger charge is 2.15. The topological polar surface area (TPSA) is 43.0 Å². The van der Waals surface area contributed by atoms with Crippen molar-refractivity contribution >= 4 is 27.5 Å². The molecule has 1 aliphatic heterocycles. The first-order valence-electron chi connectivity index (χ1n) is 10.0. The van der Waals surface area contributed by atoms with Gasteiger partial charge in [0, 0.05) is 25.2 Å². The van der Waals surface area contributed by atoms with Crippen LogP contribution >= 0.6 is 27.5 Å². The highest BCUT2D eigenvalue weighted by Crippen LogP contribution is 2.37. The fourth-order valence-corrected chi connectivity index (χ4v) is 4.14. The molecule has 2 aromatic rings. The number of rotatable bonds is 10. The van der Waals surface area contributed by atoms with E-state index in [-0.39, 0.29) is 6.61 Å². The maximum absolute atomic E-state index is 14.0. The zero-order chi connectivity index (χ0) is 21.3. The predicted molar refractivity (Wildman–Crippen MR) is 120 cm³/mol. The minimum absolute atomic E-state index is 0.0135. The van der Waals surface area contributed by atoms with Gasteiger partial charge in [-0.25, -0.2) is 4.39 Å². The molecule has 1 heterocycles. The van der Waals surface area contributed by atoms with Gasteiger partial charge in [0.05, 0.1) is 29.8 Å². The van der Waals surface area contributed by atoms with E-state index in [9.17, 15) is 4.39 Å². The molecule has 1 saturated heterocycles. The van der Waals surface area contributed by atoms with Crippen LogP contribution in [0.15, 0.2) is 34.8 Å². The van der Waals surface area contributed by atoms with Crippen LogP contribution in [0.2, 0.25) is 5.02 Å². The molecule has 0 unspecified atom stereocenters. The minimum Gasteiger partial charge on any atom is -0.493 e. The number of nitrogens with one attached hydrogen (secondary N) is 1. The molecule has 0 atom stereocenters. The molecule has 2 aromatic carbocycles. The molecule has 0 spiro atoms. The summed E-state index contributed by atoms with van der Waals surface area (Å²) in [6, 6.07) is 8.49. The molecular formula is C22H27BrClFN2O3. The molecule has 0 saturated carbocycles. The Bertz CT molecular complexity index is 814. The van der Waals surface area contributed by atoms with E-state index in [1.54, 1.807) is 19.2 Å². The lowest BCUT2D eigenvalue weighted by molar-refractivity contribution is 0.0374. The monoisotopic (exact) mass is 500 g/mol. The van der Waals surface area contributed by atoms with Crippen molar-refractivity contribution in [3.05, 3.63) is 56.8 Å². The second kappa shape index (κ2) is 11.9. The lowest BCUT2D eigenvalue weighted by Gasteiger charge is -2.26. The summed E-state index contributed by atoms with van der Waals surface area (Å²) in [5, 5.41) is 3.81. The first kappa shape index (κ1) is 23.3. The van der Waals surface area contributed by atoms with Crippen LogP contribution in [-0.4, -0.2) is 51.4 Å². The van der Waals surface area contributed by atoms with E-state index in [1.165, 1.54) is 6.07 Å². The number of nitrogens with zero attached hydrogens (tertiary/aromatic N) is 1. The fourth-order valence-electron chi connectivity index (χ4n) is 3.32. The fraction of sp³-hybridized carbons (Fsp3) is 0.455. The Balaban J connectivity index is 1.53. The molecule has 3 rings (SSSR count). The van der Waals surface area contributed by atoms with Gasteiger partial charge in [-0.1, -0.05) is 17.7 Å². The van der Waals surface area contributed by atoms with E-state index >= 15 is 0 Å². The zero-order valence-corrected chi connectivity index (χ0v) is 19.4. The molecule has 8 heteroatoms. The third-order valence-electron chi connectivity index (χ3n) is 4.97. The first-order chi connectivity index (χ1) is 14.6. The second-order valence-corrected chi connectivity index (χ2v) is 8.34. The summed E-state index contributed by atoms with van der Waals surface area (Å²) >= 11 is 9.63. The maximum Gasteiger partial charge on any atom is 0.175 e. The van der Waals surface area contributed by atoms with Gasteiger partial charge in [-0.15, -0.1) is 0 Å². The molecule has 0 radical (unpaired) electrons. The van der Waals surface area contributed by atoms with Crippen molar-refractivity contribution in [3.8, 4) is 11.5 Å². The molecule has 30 heavy (non-hydrogen) atoms. The summed E-state index contributed by atoms with van der Waals surface area (Å²) in [6.45, 7) is 6.44. The van der Waals surface area contributed by atoms with Crippen LogP contribution < -0.4 is 14.8 Å². The number of ether oxygens (including phenoxy) is 3. The van der Waals surface area contributed by atoms with Crippen molar-refractivity contribution in [1.29, 1.82) is 0 Å². The molecule has 5 nitrogen and oxygen atoms in total. The standard InChI is InChI=1S/C22H27BrClFN2O3/c1-28-21-13-16(14-26-6-3-7-27-8-10-29-11-9-27)12-18(23)22(21)30-15-17-19(24)4-2-5-20(17)25/h2,4-5,12-13,26H,3,6-11,14-15H2,1H3. The van der Waals surface area contributed by atoms with Crippen molar-refractivity contribution in [2.24, 2.45) is 0 Å². The number of halogens is 3. The molecule has 164 valence electrons. The Morgan fingerprint density at radius 1 is 1.27 bits per heavy atom. The van der Waals surface area contributed by atoms with E-state index in [1.807, 2.05) is 12.1 Å². The van der Waals surface area contributed by atoms with E-state index in [4.69, 9.17) is 25.8 Å². The molecule has 0 bridgehead atoms. The largest absolute Gasteiger partial charge is 0.493 e. The smallest absolute Gasteiger partial charge is 0.175 e. The summed E-state index contributed by atoms with van der Waals surface area (Å²) in [5.41, 5.74) is 1.39. The summed E-state index contributed by atoms with van der Waals surface area (Å²) < 4.78 is 31.5. The van der Waals surface area contributed by atoms with E-state index in [0.717, 1.165) is 62.4 Å². The van der Waals surface area contributed by atoms with Crippen LogP contribution in [0.4, 0.5) is 4.39 Å². The molecule has 1 fully saturated rings. The van der Waals surface area contributed by atoms with Crippen LogP contribution in [-0.2, 0) is 17.9 Å². The lowest BCUT2D eigenvalue weighted by atomic mass is 10.2. The lowest BCUT2D eigenvalue weighted by Crippen LogP contribution is -2.37. The van der Waals surface area contributed by atoms with Crippen molar-refractivity contribution < 1.29 is 18.6 Å². The van der Waals surface area contributed by atoms with Gasteiger partial charge in [0.15, 0.2) is 11.5 Å². The van der Waals surface area contributed by atoms with Gasteiger partial charge in [0.1, 0.15) is 12.4 Å². The van der Waals surface area contributed by atoms with E-state index in [2.05, 4.69) is 26.1 Å². The van der Waals surface area contributed by atoms with Gasteiger partial charge in [0.25, 0.3) is 0 Å². The SMILES string of the molecule is COc1cc(CNCCCN2CCOCC2)cc(Br)c1OCc1c(F)cccc1Cl. The van der Waals surface area contributed by atoms with Gasteiger partial charge < -0.3 is 19.5 Å². The highest BCUT2D eigenvalue weighted by molar-refractivity contribution is 9.10. The van der Waals surface area contributed by atoms with Crippen LogP contribution in [0.5, 0.6) is 11.5 Å². The Labute approximate surface area is 190 Å². The normalized spacial score (nSPS) is 14.7. The molecule has 0 amide bonds. The Morgan fingerprint density at radius 2 is 2.07 bits per heavy atom. The molecule has 1 N–H and O–H groups in total. The van der Waals surface area contributed by atoms with Crippen molar-refractivity contribution in [2.45, 2.75) is 19.6 Å². The summed E-state index contributed by atoms with van der Waals surface area (Å²) in [5.74, 6) is 0.713. The molecular weight excluding hydrogens is 475 g/mol. The third kappa shape index (κ3) is 6.56. The van der Waals surface area contributed by atoms with Crippen LogP contribution in [0, 0.1) is 5.82 Å². The number of hydrogen-bond acceptors (Lipinski definition) is 5. The van der Waals surface area contributed by atoms with Gasteiger partial charge >= 0.3 is 0 Å². The van der Waals surface area contributed by atoms with Gasteiger partial charge in [0.2, 0.25) is 0 Å². The average Bonchev–Trinajstić information content (AvgIpc) is 2.74. The Morgan fingerprint density at radius 3 is 2.80 bits per heavy atom. The first-order valence-corrected chi connectivity index (χ1v) is 11.2. The average molecular weight is 502 g/mol. The predicted octanol–water partition coefficient (Wildman–Crippen LogP) is 4.64. The van der Waals surface area contributed by atoms with Gasteiger partial charge in [-0.05, 0) is 65.3 Å². The maximum atomic E-state index is 14.0. The number of methoxy groups -OCH3 is 1. The number of hydrogen-bond donors (Lipinski definition) is 1. The van der Waals surface area contributed by atoms with Gasteiger partial charge in [-0.2, -0.15) is 0 Å². The molecule has 0 aliphatic carbocycles. The zero-order valence-electron chi connectivity index (χ0n) is 17.1.